The molecule has 1 aliphatic carbocycles. The summed E-state index contributed by atoms with van der Waals surface area (Å²) in [4.78, 5) is 18.1. The van der Waals surface area contributed by atoms with E-state index in [1.807, 2.05) is 24.3 Å². The number of piperidine rings is 1. The van der Waals surface area contributed by atoms with Gasteiger partial charge in [0.15, 0.2) is 0 Å². The zero-order valence-electron chi connectivity index (χ0n) is 14.9. The summed E-state index contributed by atoms with van der Waals surface area (Å²) in [6, 6.07) is 9.41. The topological polar surface area (TPSA) is 99.4 Å². The van der Waals surface area contributed by atoms with Crippen LogP contribution in [0.5, 0.6) is 5.75 Å². The van der Waals surface area contributed by atoms with Gasteiger partial charge in [-0.25, -0.2) is 4.79 Å². The molecule has 7 nitrogen and oxygen atoms in total. The first-order valence-corrected chi connectivity index (χ1v) is 9.09. The molecule has 3 unspecified atom stereocenters. The summed E-state index contributed by atoms with van der Waals surface area (Å²) >= 11 is 0. The van der Waals surface area contributed by atoms with Crippen LogP contribution in [0.2, 0.25) is 0 Å². The lowest BCUT2D eigenvalue weighted by Crippen LogP contribution is -2.38. The Morgan fingerprint density at radius 2 is 1.92 bits per heavy atom. The number of fused-ring (bicyclic) bond motifs is 1. The number of benzene rings is 1. The summed E-state index contributed by atoms with van der Waals surface area (Å²) < 4.78 is 7.39. The largest absolute Gasteiger partial charge is 0.492 e. The van der Waals surface area contributed by atoms with Gasteiger partial charge in [0.05, 0.1) is 5.69 Å². The maximum atomic E-state index is 11.9. The van der Waals surface area contributed by atoms with Crippen molar-refractivity contribution < 1.29 is 4.74 Å². The lowest BCUT2D eigenvalue weighted by Gasteiger charge is -2.26. The Hall–Kier alpha value is -2.38. The summed E-state index contributed by atoms with van der Waals surface area (Å²) in [5, 5.41) is 0. The second kappa shape index (κ2) is 6.74. The second-order valence-electron chi connectivity index (χ2n) is 7.34. The zero-order chi connectivity index (χ0) is 18.3. The highest BCUT2D eigenvalue weighted by molar-refractivity contribution is 5.38. The van der Waals surface area contributed by atoms with Crippen LogP contribution in [0.25, 0.3) is 5.69 Å². The van der Waals surface area contributed by atoms with Gasteiger partial charge in [-0.2, -0.15) is 4.98 Å². The lowest BCUT2D eigenvalue weighted by atomic mass is 10.2. The number of nitrogen functional groups attached to an aromatic ring is 1. The highest BCUT2D eigenvalue weighted by Gasteiger charge is 2.55. The van der Waals surface area contributed by atoms with Gasteiger partial charge in [0.1, 0.15) is 18.2 Å². The van der Waals surface area contributed by atoms with Gasteiger partial charge in [-0.1, -0.05) is 0 Å². The van der Waals surface area contributed by atoms with Gasteiger partial charge in [0, 0.05) is 25.3 Å². The smallest absolute Gasteiger partial charge is 0.354 e. The molecule has 0 amide bonds. The normalized spacial score (nSPS) is 25.7. The van der Waals surface area contributed by atoms with E-state index in [4.69, 9.17) is 16.2 Å². The lowest BCUT2D eigenvalue weighted by molar-refractivity contribution is 0.154. The van der Waals surface area contributed by atoms with Crippen molar-refractivity contribution in [1.29, 1.82) is 0 Å². The van der Waals surface area contributed by atoms with Crippen molar-refractivity contribution in [3.05, 3.63) is 47.0 Å². The fraction of sp³-hybridized carbons (Fsp3) is 0.474. The first kappa shape index (κ1) is 17.1. The standard InChI is InChI=1S/C19H25N5O2/c1-12(23-9-16-15(8-20)17(16)10-23)11-26-14-4-2-13(3-5-14)24-7-6-18(21)22-19(24)25/h2-7,12,15-17H,8-11,20H2,1H3,(H2,21,22,25)/t12?,15?,16-,17?/m1/s1. The molecule has 1 saturated heterocycles. The predicted molar refractivity (Wildman–Crippen MR) is 100 cm³/mol. The number of nitrogens with zero attached hydrogens (tertiary/aromatic N) is 3. The first-order chi connectivity index (χ1) is 12.6. The molecule has 0 spiro atoms. The maximum absolute atomic E-state index is 11.9. The zero-order valence-corrected chi connectivity index (χ0v) is 14.9. The van der Waals surface area contributed by atoms with E-state index in [0.717, 1.165) is 48.8 Å². The number of aromatic nitrogens is 2. The molecule has 2 heterocycles. The molecule has 0 bridgehead atoms. The molecule has 1 aromatic heterocycles. The van der Waals surface area contributed by atoms with Crippen LogP contribution >= 0.6 is 0 Å². The van der Waals surface area contributed by atoms with Crippen molar-refractivity contribution >= 4 is 5.82 Å². The van der Waals surface area contributed by atoms with Crippen LogP contribution < -0.4 is 21.9 Å². The highest BCUT2D eigenvalue weighted by Crippen LogP contribution is 2.51. The highest BCUT2D eigenvalue weighted by atomic mass is 16.5. The Kier molecular flexibility index (Phi) is 4.42. The SMILES string of the molecule is CC(COc1ccc(-n2ccc(N)nc2=O)cc1)N1CC2C(CN)[C@H]2C1. The average Bonchev–Trinajstić information content (AvgIpc) is 3.11. The molecule has 1 aliphatic heterocycles. The van der Waals surface area contributed by atoms with Crippen LogP contribution in [0.1, 0.15) is 6.92 Å². The quantitative estimate of drug-likeness (QED) is 0.792. The minimum absolute atomic E-state index is 0.220. The van der Waals surface area contributed by atoms with E-state index >= 15 is 0 Å². The van der Waals surface area contributed by atoms with Gasteiger partial charge in [-0.05, 0) is 61.6 Å². The maximum Gasteiger partial charge on any atom is 0.354 e. The molecule has 138 valence electrons. The number of anilines is 1. The molecule has 1 aromatic carbocycles. The molecule has 0 radical (unpaired) electrons. The number of ether oxygens (including phenoxy) is 1. The summed E-state index contributed by atoms with van der Waals surface area (Å²) in [5.74, 6) is 3.36. The fourth-order valence-corrected chi connectivity index (χ4v) is 4.03. The molecule has 4 atom stereocenters. The predicted octanol–water partition coefficient (Wildman–Crippen LogP) is 0.719. The van der Waals surface area contributed by atoms with Crippen molar-refractivity contribution in [3.8, 4) is 11.4 Å². The van der Waals surface area contributed by atoms with Crippen molar-refractivity contribution in [2.45, 2.75) is 13.0 Å². The van der Waals surface area contributed by atoms with Crippen LogP contribution in [-0.2, 0) is 0 Å². The summed E-state index contributed by atoms with van der Waals surface area (Å²) in [5.41, 5.74) is 11.6. The molecular weight excluding hydrogens is 330 g/mol. The van der Waals surface area contributed by atoms with E-state index < -0.39 is 5.69 Å². The molecular formula is C19H25N5O2. The fourth-order valence-electron chi connectivity index (χ4n) is 4.03. The van der Waals surface area contributed by atoms with Crippen LogP contribution in [0, 0.1) is 17.8 Å². The summed E-state index contributed by atoms with van der Waals surface area (Å²) in [6.45, 7) is 5.96. The molecule has 2 aromatic rings. The van der Waals surface area contributed by atoms with Crippen LogP contribution in [-0.4, -0.2) is 46.7 Å². The number of likely N-dealkylation sites (tertiary alicyclic amines) is 1. The van der Waals surface area contributed by atoms with Crippen molar-refractivity contribution in [1.82, 2.24) is 14.5 Å². The van der Waals surface area contributed by atoms with Gasteiger partial charge in [0.25, 0.3) is 0 Å². The second-order valence-corrected chi connectivity index (χ2v) is 7.34. The molecule has 2 aliphatic rings. The Balaban J connectivity index is 1.33. The van der Waals surface area contributed by atoms with E-state index in [2.05, 4.69) is 16.8 Å². The third-order valence-corrected chi connectivity index (χ3v) is 5.73. The van der Waals surface area contributed by atoms with Crippen molar-refractivity contribution in [2.75, 3.05) is 32.0 Å². The van der Waals surface area contributed by atoms with E-state index in [1.165, 1.54) is 4.57 Å². The summed E-state index contributed by atoms with van der Waals surface area (Å²) in [6.07, 6.45) is 1.62. The Morgan fingerprint density at radius 3 is 2.54 bits per heavy atom. The van der Waals surface area contributed by atoms with Crippen LogP contribution in [0.15, 0.2) is 41.3 Å². The minimum atomic E-state index is -0.393. The monoisotopic (exact) mass is 355 g/mol. The Labute approximate surface area is 152 Å². The number of rotatable bonds is 6. The van der Waals surface area contributed by atoms with Gasteiger partial charge in [-0.3, -0.25) is 9.47 Å². The van der Waals surface area contributed by atoms with E-state index in [-0.39, 0.29) is 5.82 Å². The van der Waals surface area contributed by atoms with E-state index in [0.29, 0.717) is 12.6 Å². The molecule has 26 heavy (non-hydrogen) atoms. The summed E-state index contributed by atoms with van der Waals surface area (Å²) in [7, 11) is 0. The van der Waals surface area contributed by atoms with Gasteiger partial charge in [-0.15, -0.1) is 0 Å². The molecule has 4 rings (SSSR count). The molecule has 4 N–H and O–H groups in total. The van der Waals surface area contributed by atoms with Crippen LogP contribution in [0.4, 0.5) is 5.82 Å². The third-order valence-electron chi connectivity index (χ3n) is 5.73. The minimum Gasteiger partial charge on any atom is -0.492 e. The number of nitrogens with two attached hydrogens (primary N) is 2. The molecule has 7 heteroatoms. The van der Waals surface area contributed by atoms with Crippen LogP contribution in [0.3, 0.4) is 0 Å². The first-order valence-electron chi connectivity index (χ1n) is 9.09. The molecule has 1 saturated carbocycles. The third kappa shape index (κ3) is 3.20. The van der Waals surface area contributed by atoms with Gasteiger partial charge < -0.3 is 16.2 Å². The van der Waals surface area contributed by atoms with E-state index in [1.54, 1.807) is 12.3 Å². The van der Waals surface area contributed by atoms with Gasteiger partial charge in [0.2, 0.25) is 0 Å². The van der Waals surface area contributed by atoms with Crippen molar-refractivity contribution in [3.63, 3.8) is 0 Å². The van der Waals surface area contributed by atoms with Gasteiger partial charge >= 0.3 is 5.69 Å². The Morgan fingerprint density at radius 1 is 1.23 bits per heavy atom. The van der Waals surface area contributed by atoms with E-state index in [9.17, 15) is 4.79 Å². The average molecular weight is 355 g/mol. The number of hydrogen-bond donors (Lipinski definition) is 2. The Bertz CT molecular complexity index is 823. The number of hydrogen-bond acceptors (Lipinski definition) is 6. The van der Waals surface area contributed by atoms with Crippen molar-refractivity contribution in [2.24, 2.45) is 23.5 Å². The molecule has 2 fully saturated rings.